The van der Waals surface area contributed by atoms with Crippen LogP contribution in [0.25, 0.3) is 0 Å². The van der Waals surface area contributed by atoms with Gasteiger partial charge >= 0.3 is 0 Å². The molecule has 0 aromatic heterocycles. The lowest BCUT2D eigenvalue weighted by molar-refractivity contribution is -0.120. The molecular formula is C27H36N2O. The van der Waals surface area contributed by atoms with Gasteiger partial charge < -0.3 is 5.32 Å². The largest absolute Gasteiger partial charge is 0.382 e. The van der Waals surface area contributed by atoms with Gasteiger partial charge in [-0.05, 0) is 67.8 Å². The number of nitrogens with zero attached hydrogens (tertiary/aromatic N) is 1. The highest BCUT2D eigenvalue weighted by Gasteiger charge is 2.22. The number of aryl methyl sites for hydroxylation is 1. The van der Waals surface area contributed by atoms with E-state index < -0.39 is 0 Å². The van der Waals surface area contributed by atoms with Crippen molar-refractivity contribution in [1.29, 1.82) is 0 Å². The average molecular weight is 405 g/mol. The molecule has 0 amide bonds. The summed E-state index contributed by atoms with van der Waals surface area (Å²) < 4.78 is 0. The van der Waals surface area contributed by atoms with Crippen LogP contribution in [0.15, 0.2) is 54.6 Å². The second-order valence-electron chi connectivity index (χ2n) is 9.29. The van der Waals surface area contributed by atoms with Crippen molar-refractivity contribution < 1.29 is 4.79 Å². The highest BCUT2D eigenvalue weighted by atomic mass is 16.1. The molecule has 3 heteroatoms. The Balaban J connectivity index is 1.21. The molecule has 3 nitrogen and oxygen atoms in total. The van der Waals surface area contributed by atoms with E-state index in [2.05, 4.69) is 58.7 Å². The number of anilines is 1. The third-order valence-electron chi connectivity index (χ3n) is 6.74. The fourth-order valence-corrected chi connectivity index (χ4v) is 5.08. The Morgan fingerprint density at radius 3 is 2.43 bits per heavy atom. The van der Waals surface area contributed by atoms with Crippen LogP contribution in [0.5, 0.6) is 0 Å². The Bertz CT molecular complexity index is 780. The minimum Gasteiger partial charge on any atom is -0.382 e. The zero-order valence-corrected chi connectivity index (χ0v) is 18.2. The molecule has 1 aliphatic heterocycles. The van der Waals surface area contributed by atoms with Crippen LogP contribution < -0.4 is 5.32 Å². The first-order valence-corrected chi connectivity index (χ1v) is 11.9. The molecule has 0 radical (unpaired) electrons. The van der Waals surface area contributed by atoms with Gasteiger partial charge in [0.25, 0.3) is 0 Å². The number of carbonyl (C=O) groups is 1. The Hall–Kier alpha value is -2.13. The maximum Gasteiger partial charge on any atom is 0.133 e. The fraction of sp³-hybridized carbons (Fsp3) is 0.519. The van der Waals surface area contributed by atoms with E-state index in [1.807, 2.05) is 6.07 Å². The summed E-state index contributed by atoms with van der Waals surface area (Å²) in [4.78, 5) is 15.0. The van der Waals surface area contributed by atoms with Crippen molar-refractivity contribution in [3.05, 3.63) is 65.7 Å². The average Bonchev–Trinajstić information content (AvgIpc) is 3.28. The Morgan fingerprint density at radius 1 is 0.900 bits per heavy atom. The summed E-state index contributed by atoms with van der Waals surface area (Å²) in [7, 11) is 0. The van der Waals surface area contributed by atoms with Gasteiger partial charge in [0.1, 0.15) is 5.78 Å². The van der Waals surface area contributed by atoms with Crippen LogP contribution in [0.3, 0.4) is 0 Å². The van der Waals surface area contributed by atoms with Gasteiger partial charge in [0.2, 0.25) is 0 Å². The number of hydrogen-bond donors (Lipinski definition) is 1. The molecule has 2 aromatic rings. The molecule has 160 valence electrons. The number of piperidine rings is 1. The van der Waals surface area contributed by atoms with E-state index in [1.165, 1.54) is 55.3 Å². The molecule has 30 heavy (non-hydrogen) atoms. The van der Waals surface area contributed by atoms with E-state index in [0.717, 1.165) is 32.5 Å². The van der Waals surface area contributed by atoms with Gasteiger partial charge in [-0.1, -0.05) is 55.3 Å². The third-order valence-corrected chi connectivity index (χ3v) is 6.74. The first-order valence-electron chi connectivity index (χ1n) is 11.9. The molecule has 1 N–H and O–H groups in total. The minimum absolute atomic E-state index is 0.424. The van der Waals surface area contributed by atoms with Crippen LogP contribution in [0, 0.1) is 5.92 Å². The van der Waals surface area contributed by atoms with Crippen LogP contribution in [0.4, 0.5) is 5.69 Å². The number of nitrogens with one attached hydrogen (secondary N) is 1. The van der Waals surface area contributed by atoms with Gasteiger partial charge in [-0.3, -0.25) is 9.69 Å². The molecular weight excluding hydrogens is 368 g/mol. The number of rotatable bonds is 9. The smallest absolute Gasteiger partial charge is 0.133 e. The lowest BCUT2D eigenvalue weighted by Gasteiger charge is -2.32. The van der Waals surface area contributed by atoms with Gasteiger partial charge in [-0.15, -0.1) is 0 Å². The molecule has 1 saturated heterocycles. The summed E-state index contributed by atoms with van der Waals surface area (Å²) in [6.07, 6.45) is 10.0. The number of Topliss-reactive ketones (excluding diaryl/α,β-unsaturated/α-hetero) is 1. The number of carbonyl (C=O) groups excluding carboxylic acids is 1. The van der Waals surface area contributed by atoms with Crippen LogP contribution in [0.2, 0.25) is 0 Å². The van der Waals surface area contributed by atoms with Gasteiger partial charge in [0.15, 0.2) is 0 Å². The van der Waals surface area contributed by atoms with Crippen molar-refractivity contribution in [3.8, 4) is 0 Å². The molecule has 1 atom stereocenters. The molecule has 1 unspecified atom stereocenters. The molecule has 0 spiro atoms. The van der Waals surface area contributed by atoms with Crippen molar-refractivity contribution in [2.24, 2.45) is 5.92 Å². The van der Waals surface area contributed by atoms with E-state index in [1.54, 1.807) is 0 Å². The van der Waals surface area contributed by atoms with E-state index in [-0.39, 0.29) is 0 Å². The molecule has 0 bridgehead atoms. The van der Waals surface area contributed by atoms with Crippen molar-refractivity contribution in [3.63, 3.8) is 0 Å². The summed E-state index contributed by atoms with van der Waals surface area (Å²) in [6.45, 7) is 3.20. The zero-order valence-electron chi connectivity index (χ0n) is 18.2. The summed E-state index contributed by atoms with van der Waals surface area (Å²) >= 11 is 0. The van der Waals surface area contributed by atoms with Crippen molar-refractivity contribution in [1.82, 2.24) is 4.90 Å². The van der Waals surface area contributed by atoms with Gasteiger partial charge in [0, 0.05) is 37.7 Å². The highest BCUT2D eigenvalue weighted by Crippen LogP contribution is 2.24. The van der Waals surface area contributed by atoms with Crippen LogP contribution in [-0.2, 0) is 17.8 Å². The quantitative estimate of drug-likeness (QED) is 0.569. The maximum atomic E-state index is 12.5. The molecule has 1 saturated carbocycles. The van der Waals surface area contributed by atoms with E-state index in [0.29, 0.717) is 24.2 Å². The first kappa shape index (κ1) is 21.1. The molecule has 1 heterocycles. The Labute approximate surface area is 181 Å². The Morgan fingerprint density at radius 2 is 1.67 bits per heavy atom. The van der Waals surface area contributed by atoms with Crippen LogP contribution >= 0.6 is 0 Å². The first-order chi connectivity index (χ1) is 14.7. The number of hydrogen-bond acceptors (Lipinski definition) is 3. The number of likely N-dealkylation sites (tertiary alicyclic amines) is 1. The van der Waals surface area contributed by atoms with E-state index in [9.17, 15) is 4.79 Å². The molecule has 2 aromatic carbocycles. The lowest BCUT2D eigenvalue weighted by atomic mass is 9.91. The van der Waals surface area contributed by atoms with E-state index in [4.69, 9.17) is 0 Å². The van der Waals surface area contributed by atoms with Crippen LogP contribution in [0.1, 0.15) is 62.5 Å². The van der Waals surface area contributed by atoms with Crippen molar-refractivity contribution in [2.75, 3.05) is 18.4 Å². The lowest BCUT2D eigenvalue weighted by Crippen LogP contribution is -2.35. The standard InChI is InChI=1S/C27H36N2O/c30-27(17-14-22-7-2-1-3-8-22)19-24-9-6-18-29(21-24)20-23-12-15-26(16-13-23)28-25-10-4-5-11-25/h1-3,7-8,12-13,15-16,24-25,28H,4-6,9-11,14,17-21H2. The second-order valence-corrected chi connectivity index (χ2v) is 9.29. The fourth-order valence-electron chi connectivity index (χ4n) is 5.08. The maximum absolute atomic E-state index is 12.5. The molecule has 1 aliphatic carbocycles. The van der Waals surface area contributed by atoms with E-state index >= 15 is 0 Å². The zero-order chi connectivity index (χ0) is 20.6. The second kappa shape index (κ2) is 10.8. The number of benzene rings is 2. The third kappa shape index (κ3) is 6.43. The molecule has 2 aliphatic rings. The van der Waals surface area contributed by atoms with Gasteiger partial charge in [-0.25, -0.2) is 0 Å². The predicted molar refractivity (Wildman–Crippen MR) is 125 cm³/mol. The van der Waals surface area contributed by atoms with Gasteiger partial charge in [-0.2, -0.15) is 0 Å². The summed E-state index contributed by atoms with van der Waals surface area (Å²) in [5, 5.41) is 3.67. The summed E-state index contributed by atoms with van der Waals surface area (Å²) in [5.41, 5.74) is 3.90. The van der Waals surface area contributed by atoms with Gasteiger partial charge in [0.05, 0.1) is 0 Å². The predicted octanol–water partition coefficient (Wildman–Crippen LogP) is 5.85. The van der Waals surface area contributed by atoms with Crippen molar-refractivity contribution in [2.45, 2.75) is 70.4 Å². The monoisotopic (exact) mass is 404 g/mol. The molecule has 2 fully saturated rings. The highest BCUT2D eigenvalue weighted by molar-refractivity contribution is 5.78. The van der Waals surface area contributed by atoms with Crippen LogP contribution in [-0.4, -0.2) is 29.8 Å². The topological polar surface area (TPSA) is 32.3 Å². The molecule has 4 rings (SSSR count). The minimum atomic E-state index is 0.424. The SMILES string of the molecule is O=C(CCc1ccccc1)CC1CCCN(Cc2ccc(NC3CCCC3)cc2)C1. The summed E-state index contributed by atoms with van der Waals surface area (Å²) in [5.74, 6) is 0.943. The normalized spacial score (nSPS) is 20.3. The summed E-state index contributed by atoms with van der Waals surface area (Å²) in [6, 6.07) is 20.0. The number of ketones is 1. The van der Waals surface area contributed by atoms with Crippen molar-refractivity contribution >= 4 is 11.5 Å². The Kier molecular flexibility index (Phi) is 7.58.